The summed E-state index contributed by atoms with van der Waals surface area (Å²) in [5, 5.41) is 13.3. The summed E-state index contributed by atoms with van der Waals surface area (Å²) in [4.78, 5) is 5.01. The molecular formula is C25H28N3OS+. The Balaban J connectivity index is 1.59. The normalized spacial score (nSPS) is 14.8. The van der Waals surface area contributed by atoms with Crippen molar-refractivity contribution in [3.05, 3.63) is 84.4 Å². The van der Waals surface area contributed by atoms with Gasteiger partial charge in [-0.1, -0.05) is 71.5 Å². The zero-order valence-electron chi connectivity index (χ0n) is 17.7. The maximum atomic E-state index is 9.67. The first-order chi connectivity index (χ1) is 14.5. The minimum atomic E-state index is 0.301. The van der Waals surface area contributed by atoms with E-state index in [1.807, 2.05) is 42.1 Å². The predicted molar refractivity (Wildman–Crippen MR) is 125 cm³/mol. The summed E-state index contributed by atoms with van der Waals surface area (Å²) in [6.45, 7) is 3.79. The Labute approximate surface area is 183 Å². The monoisotopic (exact) mass is 418 g/mol. The molecule has 0 saturated heterocycles. The third-order valence-electron chi connectivity index (χ3n) is 5.96. The molecule has 1 aliphatic heterocycles. The molecule has 3 aromatic rings. The summed E-state index contributed by atoms with van der Waals surface area (Å²) in [6.07, 6.45) is 0. The summed E-state index contributed by atoms with van der Waals surface area (Å²) in [7, 11) is 4.41. The molecule has 0 bridgehead atoms. The number of hydrogen-bond donors (Lipinski definition) is 1. The second-order valence-electron chi connectivity index (χ2n) is 8.35. The molecule has 3 aromatic carbocycles. The topological polar surface area (TPSA) is 35.8 Å². The lowest BCUT2D eigenvalue weighted by Crippen LogP contribution is -2.54. The predicted octanol–water partition coefficient (Wildman–Crippen LogP) is 5.63. The van der Waals surface area contributed by atoms with Crippen molar-refractivity contribution in [1.82, 2.24) is 0 Å². The fourth-order valence-electron chi connectivity index (χ4n) is 3.82. The molecule has 4 rings (SSSR count). The first-order valence-electron chi connectivity index (χ1n) is 10.2. The van der Waals surface area contributed by atoms with Gasteiger partial charge in [-0.05, 0) is 31.2 Å². The number of nitrogens with zero attached hydrogens (tertiary/aromatic N) is 3. The molecule has 0 fully saturated rings. The molecule has 1 aliphatic rings. The van der Waals surface area contributed by atoms with Gasteiger partial charge in [0.15, 0.2) is 0 Å². The Bertz CT molecular complexity index is 1000. The number of para-hydroxylation sites is 2. The number of benzene rings is 3. The highest BCUT2D eigenvalue weighted by molar-refractivity contribution is 7.99. The first-order valence-corrected chi connectivity index (χ1v) is 11.0. The standard InChI is InChI=1S/C25H27N3OS/c1-19(28(2,3)18-21(26-29)20-11-5-4-6-12-20)17-27-22-13-7-9-15-24(22)30-25-16-10-8-14-23(25)27/h4-16,19H,17-18H2,1-3H3/p+1/b26-21-. The van der Waals surface area contributed by atoms with Crippen LogP contribution in [0.3, 0.4) is 0 Å². The van der Waals surface area contributed by atoms with Gasteiger partial charge in [0.1, 0.15) is 18.3 Å². The van der Waals surface area contributed by atoms with Crippen LogP contribution >= 0.6 is 11.8 Å². The van der Waals surface area contributed by atoms with Gasteiger partial charge in [0, 0.05) is 15.4 Å². The second-order valence-corrected chi connectivity index (χ2v) is 9.43. The molecular weight excluding hydrogens is 390 g/mol. The molecule has 5 heteroatoms. The van der Waals surface area contributed by atoms with Crippen LogP contribution in [0.2, 0.25) is 0 Å². The van der Waals surface area contributed by atoms with Crippen LogP contribution in [0.25, 0.3) is 0 Å². The van der Waals surface area contributed by atoms with E-state index in [9.17, 15) is 5.21 Å². The average Bonchev–Trinajstić information content (AvgIpc) is 2.77. The molecule has 4 nitrogen and oxygen atoms in total. The Morgan fingerprint density at radius 1 is 0.900 bits per heavy atom. The van der Waals surface area contributed by atoms with Crippen LogP contribution in [0.1, 0.15) is 12.5 Å². The molecule has 0 aliphatic carbocycles. The molecule has 30 heavy (non-hydrogen) atoms. The lowest BCUT2D eigenvalue weighted by molar-refractivity contribution is -0.902. The zero-order valence-corrected chi connectivity index (χ0v) is 18.5. The van der Waals surface area contributed by atoms with Crippen molar-refractivity contribution in [2.45, 2.75) is 22.8 Å². The maximum Gasteiger partial charge on any atom is 0.141 e. The van der Waals surface area contributed by atoms with Crippen molar-refractivity contribution in [3.63, 3.8) is 0 Å². The fourth-order valence-corrected chi connectivity index (χ4v) is 4.91. The Kier molecular flexibility index (Phi) is 5.84. The minimum absolute atomic E-state index is 0.301. The second kappa shape index (κ2) is 8.54. The zero-order chi connectivity index (χ0) is 21.1. The molecule has 1 heterocycles. The quantitative estimate of drug-likeness (QED) is 0.244. The van der Waals surface area contributed by atoms with Crippen molar-refractivity contribution >= 4 is 28.8 Å². The minimum Gasteiger partial charge on any atom is -0.410 e. The first kappa shape index (κ1) is 20.5. The van der Waals surface area contributed by atoms with E-state index in [0.29, 0.717) is 22.8 Å². The van der Waals surface area contributed by atoms with Gasteiger partial charge in [0.2, 0.25) is 0 Å². The summed E-state index contributed by atoms with van der Waals surface area (Å²) in [5.74, 6) is 0. The van der Waals surface area contributed by atoms with E-state index >= 15 is 0 Å². The number of hydrogen-bond acceptors (Lipinski definition) is 4. The van der Waals surface area contributed by atoms with E-state index < -0.39 is 0 Å². The molecule has 0 saturated carbocycles. The molecule has 1 N–H and O–H groups in total. The van der Waals surface area contributed by atoms with E-state index in [4.69, 9.17) is 0 Å². The van der Waals surface area contributed by atoms with E-state index in [2.05, 4.69) is 79.6 Å². The fraction of sp³-hybridized carbons (Fsp3) is 0.240. The SMILES string of the molecule is CC(CN1c2ccccc2Sc2ccccc21)[N+](C)(C)C/C(=N/O)c1ccccc1. The third kappa shape index (κ3) is 4.09. The summed E-state index contributed by atoms with van der Waals surface area (Å²) < 4.78 is 0.711. The van der Waals surface area contributed by atoms with E-state index in [1.165, 1.54) is 21.2 Å². The molecule has 1 atom stereocenters. The number of likely N-dealkylation sites (N-methyl/N-ethyl adjacent to an activating group) is 1. The molecule has 0 radical (unpaired) electrons. The van der Waals surface area contributed by atoms with Gasteiger partial charge in [0.05, 0.1) is 32.0 Å². The van der Waals surface area contributed by atoms with Crippen molar-refractivity contribution in [2.75, 3.05) is 32.1 Å². The number of quaternary nitrogens is 1. The third-order valence-corrected chi connectivity index (χ3v) is 7.09. The van der Waals surface area contributed by atoms with Gasteiger partial charge in [0.25, 0.3) is 0 Å². The molecule has 154 valence electrons. The van der Waals surface area contributed by atoms with E-state index in [0.717, 1.165) is 12.1 Å². The van der Waals surface area contributed by atoms with Gasteiger partial charge in [-0.15, -0.1) is 0 Å². The van der Waals surface area contributed by atoms with Gasteiger partial charge in [-0.2, -0.15) is 0 Å². The van der Waals surface area contributed by atoms with Gasteiger partial charge in [-0.25, -0.2) is 0 Å². The van der Waals surface area contributed by atoms with Gasteiger partial charge < -0.3 is 14.6 Å². The highest BCUT2D eigenvalue weighted by atomic mass is 32.2. The Hall–Kier alpha value is -2.76. The van der Waals surface area contributed by atoms with Crippen LogP contribution in [0, 0.1) is 0 Å². The number of rotatable bonds is 6. The lowest BCUT2D eigenvalue weighted by Gasteiger charge is -2.41. The van der Waals surface area contributed by atoms with Crippen LogP contribution in [0.5, 0.6) is 0 Å². The van der Waals surface area contributed by atoms with E-state index in [1.54, 1.807) is 0 Å². The van der Waals surface area contributed by atoms with Crippen molar-refractivity contribution in [2.24, 2.45) is 5.16 Å². The lowest BCUT2D eigenvalue weighted by atomic mass is 10.1. The largest absolute Gasteiger partial charge is 0.410 e. The van der Waals surface area contributed by atoms with E-state index in [-0.39, 0.29) is 0 Å². The molecule has 1 unspecified atom stereocenters. The van der Waals surface area contributed by atoms with Crippen molar-refractivity contribution in [1.29, 1.82) is 0 Å². The smallest absolute Gasteiger partial charge is 0.141 e. The average molecular weight is 419 g/mol. The molecule has 0 spiro atoms. The Morgan fingerprint density at radius 2 is 1.43 bits per heavy atom. The number of fused-ring (bicyclic) bond motifs is 2. The van der Waals surface area contributed by atoms with Crippen LogP contribution in [0.4, 0.5) is 11.4 Å². The molecule has 0 aromatic heterocycles. The Morgan fingerprint density at radius 3 is 2.00 bits per heavy atom. The summed E-state index contributed by atoms with van der Waals surface area (Å²) in [6, 6.07) is 27.4. The van der Waals surface area contributed by atoms with Crippen LogP contribution in [-0.2, 0) is 0 Å². The maximum absolute atomic E-state index is 9.67. The number of oxime groups is 1. The van der Waals surface area contributed by atoms with Gasteiger partial charge >= 0.3 is 0 Å². The summed E-state index contributed by atoms with van der Waals surface area (Å²) in [5.41, 5.74) is 4.19. The highest BCUT2D eigenvalue weighted by Gasteiger charge is 2.32. The van der Waals surface area contributed by atoms with Crippen molar-refractivity contribution < 1.29 is 9.69 Å². The van der Waals surface area contributed by atoms with Crippen molar-refractivity contribution in [3.8, 4) is 0 Å². The van der Waals surface area contributed by atoms with Gasteiger partial charge in [-0.3, -0.25) is 0 Å². The van der Waals surface area contributed by atoms with Crippen LogP contribution in [0.15, 0.2) is 93.8 Å². The molecule has 0 amide bonds. The number of anilines is 2. The summed E-state index contributed by atoms with van der Waals surface area (Å²) >= 11 is 1.83. The highest BCUT2D eigenvalue weighted by Crippen LogP contribution is 2.47. The van der Waals surface area contributed by atoms with Crippen LogP contribution in [-0.4, -0.2) is 48.6 Å². The van der Waals surface area contributed by atoms with Crippen LogP contribution < -0.4 is 4.90 Å².